The van der Waals surface area contributed by atoms with Gasteiger partial charge < -0.3 is 10.2 Å². The molecule has 1 aromatic carbocycles. The lowest BCUT2D eigenvalue weighted by molar-refractivity contribution is -0.134. The van der Waals surface area contributed by atoms with Crippen LogP contribution in [0.5, 0.6) is 0 Å². The molecule has 2 unspecified atom stereocenters. The molecule has 6 heteroatoms. The van der Waals surface area contributed by atoms with Crippen molar-refractivity contribution in [2.24, 2.45) is 5.92 Å². The van der Waals surface area contributed by atoms with E-state index in [1.54, 1.807) is 0 Å². The number of benzene rings is 1. The maximum atomic E-state index is 12.6. The normalized spacial score (nSPS) is 24.6. The van der Waals surface area contributed by atoms with Crippen molar-refractivity contribution in [2.75, 3.05) is 32.7 Å². The molecule has 2 aliphatic rings. The third kappa shape index (κ3) is 5.35. The minimum atomic E-state index is 0. The molecule has 24 heavy (non-hydrogen) atoms. The van der Waals surface area contributed by atoms with Crippen molar-refractivity contribution in [1.82, 2.24) is 15.1 Å². The predicted molar refractivity (Wildman–Crippen MR) is 103 cm³/mol. The molecule has 1 aromatic rings. The third-order valence-electron chi connectivity index (χ3n) is 5.05. The van der Waals surface area contributed by atoms with Crippen molar-refractivity contribution < 1.29 is 4.79 Å². The molecule has 4 nitrogen and oxygen atoms in total. The number of hydrogen-bond acceptors (Lipinski definition) is 3. The lowest BCUT2D eigenvalue weighted by Crippen LogP contribution is -2.39. The van der Waals surface area contributed by atoms with Crippen LogP contribution in [0.4, 0.5) is 0 Å². The summed E-state index contributed by atoms with van der Waals surface area (Å²) in [5.41, 5.74) is 1.36. The van der Waals surface area contributed by atoms with Gasteiger partial charge in [0.1, 0.15) is 0 Å². The molecule has 0 aliphatic carbocycles. The van der Waals surface area contributed by atoms with Crippen molar-refractivity contribution in [1.29, 1.82) is 0 Å². The molecule has 2 atom stereocenters. The van der Waals surface area contributed by atoms with Gasteiger partial charge in [0.05, 0.1) is 5.92 Å². The second-order valence-corrected chi connectivity index (χ2v) is 6.61. The average Bonchev–Trinajstić information content (AvgIpc) is 3.02. The minimum absolute atomic E-state index is 0. The monoisotopic (exact) mass is 373 g/mol. The molecule has 136 valence electrons. The van der Waals surface area contributed by atoms with Crippen LogP contribution in [-0.4, -0.2) is 54.5 Å². The van der Waals surface area contributed by atoms with Gasteiger partial charge in [-0.2, -0.15) is 0 Å². The van der Waals surface area contributed by atoms with Gasteiger partial charge in [-0.05, 0) is 31.9 Å². The highest BCUT2D eigenvalue weighted by Crippen LogP contribution is 2.18. The van der Waals surface area contributed by atoms with E-state index in [1.165, 1.54) is 5.56 Å². The summed E-state index contributed by atoms with van der Waals surface area (Å²) in [6, 6.07) is 11.2. The minimum Gasteiger partial charge on any atom is -0.341 e. The molecule has 0 spiro atoms. The van der Waals surface area contributed by atoms with Gasteiger partial charge in [0.15, 0.2) is 0 Å². The SMILES string of the molecule is CC1CCN(C(=O)C2CCNC2)CCN1Cc1ccccc1.Cl.Cl. The lowest BCUT2D eigenvalue weighted by atomic mass is 10.1. The first-order chi connectivity index (χ1) is 10.7. The van der Waals surface area contributed by atoms with Gasteiger partial charge in [0, 0.05) is 38.8 Å². The summed E-state index contributed by atoms with van der Waals surface area (Å²) in [7, 11) is 0. The fourth-order valence-electron chi connectivity index (χ4n) is 3.50. The van der Waals surface area contributed by atoms with E-state index < -0.39 is 0 Å². The Kier molecular flexibility index (Phi) is 9.06. The Morgan fingerprint density at radius 2 is 1.88 bits per heavy atom. The Hall–Kier alpha value is -0.810. The number of rotatable bonds is 3. The Labute approximate surface area is 157 Å². The van der Waals surface area contributed by atoms with Gasteiger partial charge in [0.25, 0.3) is 0 Å². The van der Waals surface area contributed by atoms with E-state index in [1.807, 2.05) is 0 Å². The first kappa shape index (κ1) is 21.2. The summed E-state index contributed by atoms with van der Waals surface area (Å²) in [5.74, 6) is 0.565. The van der Waals surface area contributed by atoms with Gasteiger partial charge in [-0.3, -0.25) is 9.69 Å². The molecular weight excluding hydrogens is 345 g/mol. The van der Waals surface area contributed by atoms with Crippen LogP contribution >= 0.6 is 24.8 Å². The molecule has 2 fully saturated rings. The highest BCUT2D eigenvalue weighted by molar-refractivity contribution is 5.85. The lowest BCUT2D eigenvalue weighted by Gasteiger charge is -2.26. The molecular formula is C18H29Cl2N3O. The third-order valence-corrected chi connectivity index (χ3v) is 5.05. The van der Waals surface area contributed by atoms with Crippen LogP contribution in [-0.2, 0) is 11.3 Å². The van der Waals surface area contributed by atoms with E-state index in [-0.39, 0.29) is 30.7 Å². The van der Waals surface area contributed by atoms with Gasteiger partial charge in [-0.1, -0.05) is 30.3 Å². The number of nitrogens with one attached hydrogen (secondary N) is 1. The van der Waals surface area contributed by atoms with E-state index in [4.69, 9.17) is 0 Å². The highest BCUT2D eigenvalue weighted by atomic mass is 35.5. The number of carbonyl (C=O) groups is 1. The number of halogens is 2. The highest BCUT2D eigenvalue weighted by Gasteiger charge is 2.29. The first-order valence-electron chi connectivity index (χ1n) is 8.51. The van der Waals surface area contributed by atoms with Crippen molar-refractivity contribution in [3.63, 3.8) is 0 Å². The molecule has 2 heterocycles. The van der Waals surface area contributed by atoms with E-state index >= 15 is 0 Å². The Balaban J connectivity index is 0.00000144. The van der Waals surface area contributed by atoms with Crippen molar-refractivity contribution in [3.05, 3.63) is 35.9 Å². The molecule has 2 aliphatic heterocycles. The van der Waals surface area contributed by atoms with Crippen LogP contribution in [0.25, 0.3) is 0 Å². The fourth-order valence-corrected chi connectivity index (χ4v) is 3.50. The van der Waals surface area contributed by atoms with Crippen LogP contribution in [0.1, 0.15) is 25.3 Å². The predicted octanol–water partition coefficient (Wildman–Crippen LogP) is 2.56. The molecule has 0 aromatic heterocycles. The molecule has 0 bridgehead atoms. The van der Waals surface area contributed by atoms with Crippen LogP contribution in [0.2, 0.25) is 0 Å². The second-order valence-electron chi connectivity index (χ2n) is 6.61. The Bertz CT molecular complexity index is 494. The molecule has 1 N–H and O–H groups in total. The van der Waals surface area contributed by atoms with Gasteiger partial charge in [0.2, 0.25) is 5.91 Å². The van der Waals surface area contributed by atoms with Crippen molar-refractivity contribution >= 4 is 30.7 Å². The average molecular weight is 374 g/mol. The molecule has 1 amide bonds. The van der Waals surface area contributed by atoms with Crippen molar-refractivity contribution in [3.8, 4) is 0 Å². The Morgan fingerprint density at radius 3 is 2.54 bits per heavy atom. The zero-order chi connectivity index (χ0) is 15.4. The largest absolute Gasteiger partial charge is 0.341 e. The molecule has 0 radical (unpaired) electrons. The van der Waals surface area contributed by atoms with Crippen LogP contribution in [0.3, 0.4) is 0 Å². The van der Waals surface area contributed by atoms with Crippen molar-refractivity contribution in [2.45, 2.75) is 32.4 Å². The maximum absolute atomic E-state index is 12.6. The van der Waals surface area contributed by atoms with Crippen LogP contribution in [0.15, 0.2) is 30.3 Å². The fraction of sp³-hybridized carbons (Fsp3) is 0.611. The van der Waals surface area contributed by atoms with Crippen LogP contribution in [0, 0.1) is 5.92 Å². The topological polar surface area (TPSA) is 35.6 Å². The first-order valence-corrected chi connectivity index (χ1v) is 8.51. The summed E-state index contributed by atoms with van der Waals surface area (Å²) in [6.07, 6.45) is 2.07. The number of hydrogen-bond donors (Lipinski definition) is 1. The zero-order valence-electron chi connectivity index (χ0n) is 14.3. The van der Waals surface area contributed by atoms with Gasteiger partial charge in [-0.25, -0.2) is 0 Å². The van der Waals surface area contributed by atoms with E-state index in [9.17, 15) is 4.79 Å². The molecule has 2 saturated heterocycles. The second kappa shape index (κ2) is 10.2. The van der Waals surface area contributed by atoms with Crippen LogP contribution < -0.4 is 5.32 Å². The number of amides is 1. The summed E-state index contributed by atoms with van der Waals surface area (Å²) in [6.45, 7) is 7.86. The smallest absolute Gasteiger partial charge is 0.227 e. The number of carbonyl (C=O) groups excluding carboxylic acids is 1. The summed E-state index contributed by atoms with van der Waals surface area (Å²) in [4.78, 5) is 17.2. The standard InChI is InChI=1S/C18H27N3O.2ClH/c1-15-8-10-20(18(22)17-7-9-19-13-17)11-12-21(15)14-16-5-3-2-4-6-16;;/h2-6,15,17,19H,7-14H2,1H3;2*1H. The molecule has 0 saturated carbocycles. The zero-order valence-corrected chi connectivity index (χ0v) is 16.0. The number of nitrogens with zero attached hydrogens (tertiary/aromatic N) is 2. The van der Waals surface area contributed by atoms with Gasteiger partial charge >= 0.3 is 0 Å². The van der Waals surface area contributed by atoms with E-state index in [2.05, 4.69) is 52.4 Å². The molecule has 3 rings (SSSR count). The van der Waals surface area contributed by atoms with E-state index in [0.29, 0.717) is 11.9 Å². The Morgan fingerprint density at radius 1 is 1.12 bits per heavy atom. The quantitative estimate of drug-likeness (QED) is 0.884. The summed E-state index contributed by atoms with van der Waals surface area (Å²) in [5, 5.41) is 3.30. The van der Waals surface area contributed by atoms with Gasteiger partial charge in [-0.15, -0.1) is 24.8 Å². The summed E-state index contributed by atoms with van der Waals surface area (Å²) >= 11 is 0. The van der Waals surface area contributed by atoms with E-state index in [0.717, 1.165) is 52.1 Å². The maximum Gasteiger partial charge on any atom is 0.227 e. The summed E-state index contributed by atoms with van der Waals surface area (Å²) < 4.78 is 0.